The number of phosphoric ester groups is 1. The summed E-state index contributed by atoms with van der Waals surface area (Å²) in [6.07, 6.45) is 45.5. The molecular formula is C85H153O20P. The number of ether oxygens (including phenoxy) is 14. The Bertz CT molecular complexity index is 2190. The predicted octanol–water partition coefficient (Wildman–Crippen LogP) is 22.5. The van der Waals surface area contributed by atoms with Gasteiger partial charge in [-0.1, -0.05) is 282 Å². The summed E-state index contributed by atoms with van der Waals surface area (Å²) in [5.41, 5.74) is 0. The van der Waals surface area contributed by atoms with Gasteiger partial charge in [0.1, 0.15) is 62.0 Å². The highest BCUT2D eigenvalue weighted by Crippen LogP contribution is 2.53. The van der Waals surface area contributed by atoms with Crippen LogP contribution in [-0.4, -0.2) is 166 Å². The van der Waals surface area contributed by atoms with Crippen LogP contribution in [0.25, 0.3) is 0 Å². The van der Waals surface area contributed by atoms with Crippen molar-refractivity contribution in [3.8, 4) is 0 Å². The summed E-state index contributed by atoms with van der Waals surface area (Å²) in [6.45, 7) is 25.8. The van der Waals surface area contributed by atoms with E-state index < -0.39 is 87.6 Å². The maximum Gasteiger partial charge on any atom is 0.509 e. The fraction of sp³-hybridized carbons (Fsp3) is 0.835. The minimum atomic E-state index is -4.42. The Kier molecular flexibility index (Phi) is 64.6. The van der Waals surface area contributed by atoms with Crippen LogP contribution < -0.4 is 0 Å². The zero-order chi connectivity index (χ0) is 77.0. The van der Waals surface area contributed by atoms with Gasteiger partial charge in [-0.25, -0.2) is 14.2 Å². The molecular weight excluding hydrogens is 1370 g/mol. The van der Waals surface area contributed by atoms with Crippen LogP contribution in [0.1, 0.15) is 304 Å². The van der Waals surface area contributed by atoms with E-state index in [9.17, 15) is 14.2 Å². The third-order valence-electron chi connectivity index (χ3n) is 19.2. The Balaban J connectivity index is 2.77. The van der Waals surface area contributed by atoms with E-state index in [-0.39, 0.29) is 72.2 Å². The van der Waals surface area contributed by atoms with Crippen molar-refractivity contribution in [1.29, 1.82) is 0 Å². The first-order valence-electron chi connectivity index (χ1n) is 42.0. The highest BCUT2D eigenvalue weighted by molar-refractivity contribution is 7.48. The number of hydrogen-bond donors (Lipinski definition) is 0. The van der Waals surface area contributed by atoms with Gasteiger partial charge in [-0.3, -0.25) is 13.6 Å². The second-order valence-electron chi connectivity index (χ2n) is 28.4. The first-order valence-corrected chi connectivity index (χ1v) is 43.4. The third kappa shape index (κ3) is 48.3. The Morgan fingerprint density at radius 3 is 1.30 bits per heavy atom. The second kappa shape index (κ2) is 69.5. The van der Waals surface area contributed by atoms with Crippen LogP contribution >= 0.6 is 7.82 Å². The number of unbranched alkanes of at least 4 members (excludes halogenated alkanes) is 33. The molecule has 0 aliphatic carbocycles. The first kappa shape index (κ1) is 98.6. The van der Waals surface area contributed by atoms with E-state index in [4.69, 9.17) is 79.9 Å². The molecule has 0 saturated carbocycles. The van der Waals surface area contributed by atoms with Crippen LogP contribution in [0, 0.1) is 0 Å². The maximum atomic E-state index is 14.8. The largest absolute Gasteiger partial charge is 0.509 e. The number of allylic oxidation sites excluding steroid dienone is 3. The van der Waals surface area contributed by atoms with Crippen molar-refractivity contribution < 1.29 is 94.0 Å². The van der Waals surface area contributed by atoms with Crippen molar-refractivity contribution in [1.82, 2.24) is 0 Å². The summed E-state index contributed by atoms with van der Waals surface area (Å²) in [7, 11) is -1.17. The van der Waals surface area contributed by atoms with E-state index in [1.54, 1.807) is 13.2 Å². The quantitative estimate of drug-likeness (QED) is 0.0182. The summed E-state index contributed by atoms with van der Waals surface area (Å²) >= 11 is 0. The highest BCUT2D eigenvalue weighted by atomic mass is 31.2. The summed E-state index contributed by atoms with van der Waals surface area (Å²) in [6, 6.07) is 0. The molecule has 20 nitrogen and oxygen atoms in total. The average Bonchev–Trinajstić information content (AvgIpc) is 0.782. The van der Waals surface area contributed by atoms with E-state index in [0.717, 1.165) is 109 Å². The fourth-order valence-corrected chi connectivity index (χ4v) is 14.6. The maximum absolute atomic E-state index is 14.8. The predicted molar refractivity (Wildman–Crippen MR) is 424 cm³/mol. The van der Waals surface area contributed by atoms with Gasteiger partial charge in [0.05, 0.1) is 45.4 Å². The van der Waals surface area contributed by atoms with E-state index in [0.29, 0.717) is 32.1 Å². The number of rotatable bonds is 75. The van der Waals surface area contributed by atoms with Gasteiger partial charge in [0.15, 0.2) is 12.4 Å². The van der Waals surface area contributed by atoms with Crippen LogP contribution in [0.2, 0.25) is 0 Å². The molecule has 0 radical (unpaired) electrons. The Labute approximate surface area is 644 Å². The van der Waals surface area contributed by atoms with Crippen molar-refractivity contribution in [3.63, 3.8) is 0 Å². The molecule has 2 saturated heterocycles. The number of phosphoric acid groups is 1. The third-order valence-corrected chi connectivity index (χ3v) is 20.7. The van der Waals surface area contributed by atoms with Crippen molar-refractivity contribution in [2.75, 3.05) is 80.3 Å². The van der Waals surface area contributed by atoms with E-state index in [1.165, 1.54) is 166 Å². The molecule has 0 aromatic heterocycles. The van der Waals surface area contributed by atoms with Gasteiger partial charge < -0.3 is 66.3 Å². The lowest BCUT2D eigenvalue weighted by molar-refractivity contribution is -0.338. The van der Waals surface area contributed by atoms with E-state index in [1.807, 2.05) is 6.92 Å². The van der Waals surface area contributed by atoms with E-state index in [2.05, 4.69) is 66.2 Å². The normalized spacial score (nSPS) is 21.1. The molecule has 0 amide bonds. The van der Waals surface area contributed by atoms with Crippen LogP contribution in [0.4, 0.5) is 9.59 Å². The lowest BCUT2D eigenvalue weighted by atomic mass is 9.97. The molecule has 2 aliphatic rings. The molecule has 0 spiro atoms. The summed E-state index contributed by atoms with van der Waals surface area (Å²) in [5, 5.41) is 0. The average molecular weight is 1530 g/mol. The van der Waals surface area contributed by atoms with Gasteiger partial charge in [0, 0.05) is 40.5 Å². The minimum absolute atomic E-state index is 0.00839. The molecule has 106 heavy (non-hydrogen) atoms. The smallest absolute Gasteiger partial charge is 0.470 e. The summed E-state index contributed by atoms with van der Waals surface area (Å²) in [5.74, 6) is 0. The Hall–Kier alpha value is -3.47. The van der Waals surface area contributed by atoms with Crippen LogP contribution in [0.15, 0.2) is 75.1 Å². The molecule has 21 heteroatoms. The Morgan fingerprint density at radius 2 is 0.811 bits per heavy atom. The molecule has 2 rings (SSSR count). The zero-order valence-corrected chi connectivity index (χ0v) is 68.7. The molecule has 2 heterocycles. The van der Waals surface area contributed by atoms with Crippen molar-refractivity contribution in [2.24, 2.45) is 0 Å². The lowest BCUT2D eigenvalue weighted by Gasteiger charge is -2.47. The van der Waals surface area contributed by atoms with Gasteiger partial charge >= 0.3 is 20.1 Å². The minimum Gasteiger partial charge on any atom is -0.470 e. The van der Waals surface area contributed by atoms with Crippen LogP contribution in [-0.2, 0) is 84.5 Å². The number of carbonyl (C=O) groups is 2. The van der Waals surface area contributed by atoms with E-state index >= 15 is 0 Å². The number of hydrogen-bond acceptors (Lipinski definition) is 20. The molecule has 0 bridgehead atoms. The van der Waals surface area contributed by atoms with Crippen molar-refractivity contribution >= 4 is 20.1 Å². The first-order chi connectivity index (χ1) is 52.0. The second-order valence-corrected chi connectivity index (χ2v) is 30.0. The summed E-state index contributed by atoms with van der Waals surface area (Å²) < 4.78 is 123. The van der Waals surface area contributed by atoms with Crippen LogP contribution in [0.5, 0.6) is 0 Å². The molecule has 2 aliphatic heterocycles. The SMILES string of the molecule is C=CCOC(=O)O[C@H](CCCCCCCCCCC)CCO[C@H]1[C@@H](O/C=C/C)O[C@H](CO[C@@H]2O[C@H](COC)[C@@H](OP(=O)(OCC=C)OCC=C)[C@H](OCC[C@@H](CCCCCCC)OC)[C@H]2OCCCCCCCCCC/C=C\CCCCCC)[C@@H](OC(=O)OCC=C)[C@@H]1OCCCCCCCCCCCC. The van der Waals surface area contributed by atoms with Gasteiger partial charge in [-0.15, -0.1) is 13.2 Å². The van der Waals surface area contributed by atoms with Crippen molar-refractivity contribution in [2.45, 2.75) is 378 Å². The number of carbonyl (C=O) groups excluding carboxylic acids is 2. The molecule has 12 atom stereocenters. The van der Waals surface area contributed by atoms with Gasteiger partial charge in [0.2, 0.25) is 6.29 Å². The molecule has 0 unspecified atom stereocenters. The molecule has 0 aromatic rings. The molecule has 2 fully saturated rings. The lowest BCUT2D eigenvalue weighted by Crippen LogP contribution is -2.64. The molecule has 0 aromatic carbocycles. The standard InChI is InChI=1S/C85H153O20P/c1-12-21-25-29-32-35-37-38-39-40-41-42-45-48-52-56-67-92-81-79(93-68-59-72(90-11)57-53-49-28-24-15-4)77(105-106(88,99-64-19-8)100-65-20-9)74(70-89-10)102-83(81)98-71-75-76(104-85(87)97-63-18-7)78(91-66-55-51-47-44-36-33-30-26-22-13-2)80(82(103-75)95-61-16-5)94-69-60-73(101-84(86)96-62-17-6)58-54-50-46-43-34-31-27-23-14-3/h16-20,35,37,61,72-83H,6-9,12-15,21-34,36,38-60,62-71H2,1-5,10-11H3/b37-35-,61-16+/t72-,73-,74-,75-,76-,77-,78+,79+,80-,81-,82+,83-/m1/s1. The summed E-state index contributed by atoms with van der Waals surface area (Å²) in [4.78, 5) is 27.1. The highest BCUT2D eigenvalue weighted by Gasteiger charge is 2.55. The topological polar surface area (TPSA) is 208 Å². The monoisotopic (exact) mass is 1530 g/mol. The van der Waals surface area contributed by atoms with Crippen LogP contribution in [0.3, 0.4) is 0 Å². The number of methoxy groups -OCH3 is 2. The zero-order valence-electron chi connectivity index (χ0n) is 67.8. The fourth-order valence-electron chi connectivity index (χ4n) is 13.2. The van der Waals surface area contributed by atoms with Gasteiger partial charge in [-0.2, -0.15) is 0 Å². The van der Waals surface area contributed by atoms with Crippen molar-refractivity contribution in [3.05, 3.63) is 75.1 Å². The molecule has 618 valence electrons. The van der Waals surface area contributed by atoms with Gasteiger partial charge in [-0.05, 0) is 71.1 Å². The van der Waals surface area contributed by atoms with Gasteiger partial charge in [0.25, 0.3) is 0 Å². The Morgan fingerprint density at radius 1 is 0.415 bits per heavy atom. The molecule has 0 N–H and O–H groups in total.